The van der Waals surface area contributed by atoms with Gasteiger partial charge >= 0.3 is 0 Å². The maximum Gasteiger partial charge on any atom is 0.225 e. The van der Waals surface area contributed by atoms with Gasteiger partial charge in [0.1, 0.15) is 0 Å². The third kappa shape index (κ3) is 5.51. The highest BCUT2D eigenvalue weighted by Gasteiger charge is 2.30. The zero-order valence-electron chi connectivity index (χ0n) is 13.8. The van der Waals surface area contributed by atoms with Gasteiger partial charge in [-0.1, -0.05) is 20.8 Å². The summed E-state index contributed by atoms with van der Waals surface area (Å²) in [6.07, 6.45) is 3.50. The third-order valence-corrected chi connectivity index (χ3v) is 3.61. The quantitative estimate of drug-likeness (QED) is 0.818. The molecule has 0 aromatic heterocycles. The van der Waals surface area contributed by atoms with Gasteiger partial charge in [-0.25, -0.2) is 0 Å². The first-order valence-corrected chi connectivity index (χ1v) is 7.62. The molecule has 0 aliphatic heterocycles. The van der Waals surface area contributed by atoms with E-state index < -0.39 is 0 Å². The van der Waals surface area contributed by atoms with Crippen LogP contribution < -0.4 is 10.6 Å². The van der Waals surface area contributed by atoms with Crippen molar-refractivity contribution in [3.63, 3.8) is 0 Å². The van der Waals surface area contributed by atoms with Gasteiger partial charge in [-0.3, -0.25) is 9.59 Å². The topological polar surface area (TPSA) is 58.2 Å². The number of carbonyl (C=O) groups is 2. The Bertz CT molecular complexity index is 356. The minimum Gasteiger partial charge on any atom is -0.353 e. The van der Waals surface area contributed by atoms with Crippen LogP contribution in [0.25, 0.3) is 0 Å². The van der Waals surface area contributed by atoms with Gasteiger partial charge in [-0.15, -0.1) is 0 Å². The molecule has 4 nitrogen and oxygen atoms in total. The largest absolute Gasteiger partial charge is 0.353 e. The maximum absolute atomic E-state index is 12.1. The summed E-state index contributed by atoms with van der Waals surface area (Å²) in [7, 11) is 0. The number of hydrogen-bond donors (Lipinski definition) is 2. The zero-order valence-corrected chi connectivity index (χ0v) is 13.8. The zero-order chi connectivity index (χ0) is 15.6. The number of carbonyl (C=O) groups excluding carboxylic acids is 2. The van der Waals surface area contributed by atoms with E-state index in [0.717, 1.165) is 25.7 Å². The fraction of sp³-hybridized carbons (Fsp3) is 0.875. The highest BCUT2D eigenvalue weighted by Crippen LogP contribution is 2.26. The molecular weight excluding hydrogens is 252 g/mol. The van der Waals surface area contributed by atoms with Crippen LogP contribution in [0, 0.1) is 11.3 Å². The summed E-state index contributed by atoms with van der Waals surface area (Å²) in [5, 5.41) is 6.14. The Balaban J connectivity index is 2.41. The molecule has 0 bridgehead atoms. The average molecular weight is 282 g/mol. The minimum atomic E-state index is -0.347. The molecule has 4 heteroatoms. The van der Waals surface area contributed by atoms with Gasteiger partial charge in [0, 0.05) is 22.9 Å². The second-order valence-corrected chi connectivity index (χ2v) is 8.01. The van der Waals surface area contributed by atoms with Crippen molar-refractivity contribution >= 4 is 11.8 Å². The van der Waals surface area contributed by atoms with Gasteiger partial charge in [0.25, 0.3) is 0 Å². The summed E-state index contributed by atoms with van der Waals surface area (Å²) in [6.45, 7) is 11.8. The molecule has 2 amide bonds. The molecule has 0 saturated heterocycles. The molecule has 0 atom stereocenters. The Morgan fingerprint density at radius 1 is 0.900 bits per heavy atom. The van der Waals surface area contributed by atoms with Crippen LogP contribution in [0.2, 0.25) is 0 Å². The average Bonchev–Trinajstić information content (AvgIpc) is 2.26. The SMILES string of the molecule is CC(C)(C)NC(=O)C1CCC(NC(=O)C(C)(C)C)CC1. The smallest absolute Gasteiger partial charge is 0.225 e. The standard InChI is InChI=1S/C16H30N2O2/c1-15(2,3)14(20)17-12-9-7-11(8-10-12)13(19)18-16(4,5)6/h11-12H,7-10H2,1-6H3,(H,17,20)(H,18,19). The van der Waals surface area contributed by atoms with E-state index in [4.69, 9.17) is 0 Å². The van der Waals surface area contributed by atoms with Gasteiger partial charge in [0.15, 0.2) is 0 Å². The van der Waals surface area contributed by atoms with Crippen molar-refractivity contribution in [3.05, 3.63) is 0 Å². The van der Waals surface area contributed by atoms with Gasteiger partial charge in [-0.2, -0.15) is 0 Å². The van der Waals surface area contributed by atoms with Crippen LogP contribution in [0.1, 0.15) is 67.2 Å². The highest BCUT2D eigenvalue weighted by atomic mass is 16.2. The lowest BCUT2D eigenvalue weighted by Crippen LogP contribution is -2.47. The van der Waals surface area contributed by atoms with Crippen molar-refractivity contribution < 1.29 is 9.59 Å². The van der Waals surface area contributed by atoms with Crippen LogP contribution in [0.15, 0.2) is 0 Å². The predicted octanol–water partition coefficient (Wildman–Crippen LogP) is 2.62. The van der Waals surface area contributed by atoms with Crippen LogP contribution in [0.5, 0.6) is 0 Å². The summed E-state index contributed by atoms with van der Waals surface area (Å²) < 4.78 is 0. The summed E-state index contributed by atoms with van der Waals surface area (Å²) >= 11 is 0. The van der Waals surface area contributed by atoms with Crippen LogP contribution >= 0.6 is 0 Å². The van der Waals surface area contributed by atoms with Gasteiger partial charge in [0.2, 0.25) is 11.8 Å². The Labute approximate surface area is 123 Å². The van der Waals surface area contributed by atoms with E-state index in [0.29, 0.717) is 0 Å². The number of hydrogen-bond acceptors (Lipinski definition) is 2. The van der Waals surface area contributed by atoms with Crippen LogP contribution in [0.4, 0.5) is 0 Å². The Morgan fingerprint density at radius 3 is 1.80 bits per heavy atom. The monoisotopic (exact) mass is 282 g/mol. The molecule has 1 saturated carbocycles. The molecular formula is C16H30N2O2. The Kier molecular flexibility index (Phi) is 5.22. The van der Waals surface area contributed by atoms with Crippen molar-refractivity contribution in [1.29, 1.82) is 0 Å². The molecule has 0 aromatic rings. The molecule has 1 aliphatic rings. The van der Waals surface area contributed by atoms with Crippen molar-refractivity contribution in [2.75, 3.05) is 0 Å². The molecule has 0 unspecified atom stereocenters. The number of amides is 2. The lowest BCUT2D eigenvalue weighted by Gasteiger charge is -2.32. The minimum absolute atomic E-state index is 0.0945. The molecule has 0 heterocycles. The highest BCUT2D eigenvalue weighted by molar-refractivity contribution is 5.82. The maximum atomic E-state index is 12.1. The van der Waals surface area contributed by atoms with Crippen molar-refractivity contribution in [2.45, 2.75) is 78.8 Å². The number of rotatable bonds is 2. The molecule has 1 rings (SSSR count). The van der Waals surface area contributed by atoms with Gasteiger partial charge in [-0.05, 0) is 46.5 Å². The van der Waals surface area contributed by atoms with Crippen molar-refractivity contribution in [3.8, 4) is 0 Å². The molecule has 1 fully saturated rings. The first-order valence-electron chi connectivity index (χ1n) is 7.62. The van der Waals surface area contributed by atoms with E-state index in [1.54, 1.807) is 0 Å². The summed E-state index contributed by atoms with van der Waals surface area (Å²) in [5.74, 6) is 0.343. The van der Waals surface area contributed by atoms with E-state index in [2.05, 4.69) is 10.6 Å². The van der Waals surface area contributed by atoms with Crippen LogP contribution in [-0.4, -0.2) is 23.4 Å². The molecule has 116 valence electrons. The molecule has 2 N–H and O–H groups in total. The lowest BCUT2D eigenvalue weighted by atomic mass is 9.84. The fourth-order valence-electron chi connectivity index (χ4n) is 2.37. The van der Waals surface area contributed by atoms with Crippen molar-refractivity contribution in [2.24, 2.45) is 11.3 Å². The molecule has 0 radical (unpaired) electrons. The summed E-state index contributed by atoms with van der Waals surface area (Å²) in [4.78, 5) is 24.0. The summed E-state index contributed by atoms with van der Waals surface area (Å²) in [5.41, 5.74) is -0.519. The molecule has 0 spiro atoms. The van der Waals surface area contributed by atoms with Crippen LogP contribution in [-0.2, 0) is 9.59 Å². The molecule has 0 aromatic carbocycles. The second-order valence-electron chi connectivity index (χ2n) is 8.01. The first kappa shape index (κ1) is 17.0. The summed E-state index contributed by atoms with van der Waals surface area (Å²) in [6, 6.07) is 0.223. The third-order valence-electron chi connectivity index (χ3n) is 3.61. The number of nitrogens with one attached hydrogen (secondary N) is 2. The van der Waals surface area contributed by atoms with Gasteiger partial charge in [0.05, 0.1) is 0 Å². The predicted molar refractivity (Wildman–Crippen MR) is 81.2 cm³/mol. The lowest BCUT2D eigenvalue weighted by molar-refractivity contribution is -0.129. The Morgan fingerprint density at radius 2 is 1.40 bits per heavy atom. The first-order chi connectivity index (χ1) is 8.99. The van der Waals surface area contributed by atoms with E-state index >= 15 is 0 Å². The Hall–Kier alpha value is -1.06. The van der Waals surface area contributed by atoms with E-state index in [1.165, 1.54) is 0 Å². The second kappa shape index (κ2) is 6.15. The van der Waals surface area contributed by atoms with Crippen molar-refractivity contribution in [1.82, 2.24) is 10.6 Å². The normalized spacial score (nSPS) is 24.1. The fourth-order valence-corrected chi connectivity index (χ4v) is 2.37. The van der Waals surface area contributed by atoms with E-state index in [9.17, 15) is 9.59 Å². The van der Waals surface area contributed by atoms with Crippen LogP contribution in [0.3, 0.4) is 0 Å². The molecule has 20 heavy (non-hydrogen) atoms. The van der Waals surface area contributed by atoms with Gasteiger partial charge < -0.3 is 10.6 Å². The van der Waals surface area contributed by atoms with E-state index in [-0.39, 0.29) is 34.7 Å². The van der Waals surface area contributed by atoms with E-state index in [1.807, 2.05) is 41.5 Å². The molecule has 1 aliphatic carbocycles.